The van der Waals surface area contributed by atoms with Crippen LogP contribution >= 0.6 is 0 Å². The van der Waals surface area contributed by atoms with Crippen molar-refractivity contribution in [3.05, 3.63) is 76.6 Å². The molecule has 4 heterocycles. The van der Waals surface area contributed by atoms with Gasteiger partial charge in [0.1, 0.15) is 23.4 Å². The topological polar surface area (TPSA) is 67.4 Å². The number of benzene rings is 1. The molecule has 7 heteroatoms. The SMILES string of the molecule is Cc1cc2c(cc1N1Cc3c(cncc3C3CC3)NC1=O)OC(c1ncccc1F)CC2. The van der Waals surface area contributed by atoms with Crippen LogP contribution in [0, 0.1) is 12.7 Å². The van der Waals surface area contributed by atoms with Crippen molar-refractivity contribution in [3.8, 4) is 5.75 Å². The molecule has 2 aromatic heterocycles. The summed E-state index contributed by atoms with van der Waals surface area (Å²) < 4.78 is 20.5. The van der Waals surface area contributed by atoms with Crippen LogP contribution in [0.2, 0.25) is 0 Å². The smallest absolute Gasteiger partial charge is 0.326 e. The molecular weight excluding hydrogens is 407 g/mol. The molecule has 6 nitrogen and oxygen atoms in total. The van der Waals surface area contributed by atoms with E-state index in [2.05, 4.69) is 21.4 Å². The van der Waals surface area contributed by atoms with Gasteiger partial charge in [0.2, 0.25) is 0 Å². The molecule has 3 aromatic rings. The highest BCUT2D eigenvalue weighted by Crippen LogP contribution is 2.45. The number of nitrogens with one attached hydrogen (secondary N) is 1. The third-order valence-electron chi connectivity index (χ3n) is 6.62. The number of urea groups is 1. The predicted octanol–water partition coefficient (Wildman–Crippen LogP) is 5.42. The Morgan fingerprint density at radius 2 is 2.09 bits per heavy atom. The highest BCUT2D eigenvalue weighted by molar-refractivity contribution is 6.05. The molecule has 0 saturated heterocycles. The van der Waals surface area contributed by atoms with Crippen LogP contribution in [0.3, 0.4) is 0 Å². The van der Waals surface area contributed by atoms with Crippen molar-refractivity contribution in [2.24, 2.45) is 0 Å². The van der Waals surface area contributed by atoms with Gasteiger partial charge < -0.3 is 10.1 Å². The predicted molar refractivity (Wildman–Crippen MR) is 118 cm³/mol. The highest BCUT2D eigenvalue weighted by atomic mass is 19.1. The number of fused-ring (bicyclic) bond motifs is 2. The van der Waals surface area contributed by atoms with Crippen molar-refractivity contribution < 1.29 is 13.9 Å². The minimum absolute atomic E-state index is 0.182. The number of aryl methyl sites for hydroxylation is 2. The third-order valence-corrected chi connectivity index (χ3v) is 6.62. The number of hydrogen-bond donors (Lipinski definition) is 1. The summed E-state index contributed by atoms with van der Waals surface area (Å²) in [5, 5.41) is 3.00. The minimum Gasteiger partial charge on any atom is -0.484 e. The van der Waals surface area contributed by atoms with E-state index < -0.39 is 6.10 Å². The Bertz CT molecular complexity index is 1240. The van der Waals surface area contributed by atoms with Gasteiger partial charge in [0, 0.05) is 24.0 Å². The molecule has 1 atom stereocenters. The lowest BCUT2D eigenvalue weighted by Crippen LogP contribution is -2.39. The van der Waals surface area contributed by atoms with E-state index in [0.29, 0.717) is 30.3 Å². The standard InChI is InChI=1S/C25H23FN4O2/c1-14-9-16-6-7-22(24-19(26)3-2-8-28-24)32-23(16)10-21(14)30-13-18-17(15-4-5-15)11-27-12-20(18)29-25(30)31/h2-3,8-12,15,22H,4-7,13H2,1H3,(H,29,31). The number of rotatable bonds is 3. The number of carbonyl (C=O) groups is 1. The molecule has 0 radical (unpaired) electrons. The summed E-state index contributed by atoms with van der Waals surface area (Å²) in [7, 11) is 0. The van der Waals surface area contributed by atoms with Crippen LogP contribution in [0.5, 0.6) is 5.75 Å². The Balaban J connectivity index is 1.35. The lowest BCUT2D eigenvalue weighted by atomic mass is 9.96. The maximum atomic E-state index is 14.3. The molecule has 1 fully saturated rings. The average molecular weight is 430 g/mol. The fourth-order valence-electron chi connectivity index (χ4n) is 4.80. The Labute approximate surface area is 185 Å². The van der Waals surface area contributed by atoms with Gasteiger partial charge in [-0.3, -0.25) is 14.9 Å². The molecule has 2 aliphatic heterocycles. The van der Waals surface area contributed by atoms with Crippen molar-refractivity contribution in [1.29, 1.82) is 0 Å². The normalized spacial score (nSPS) is 19.6. The molecule has 3 aliphatic rings. The number of amides is 2. The second kappa shape index (κ2) is 7.29. The molecule has 6 rings (SSSR count). The zero-order valence-corrected chi connectivity index (χ0v) is 17.8. The molecule has 1 unspecified atom stereocenters. The molecule has 1 saturated carbocycles. The van der Waals surface area contributed by atoms with Gasteiger partial charge in [-0.25, -0.2) is 9.18 Å². The fourth-order valence-corrected chi connectivity index (χ4v) is 4.80. The molecule has 2 amide bonds. The summed E-state index contributed by atoms with van der Waals surface area (Å²) in [6.07, 6.45) is 8.57. The van der Waals surface area contributed by atoms with Crippen LogP contribution in [0.25, 0.3) is 0 Å². The van der Waals surface area contributed by atoms with Crippen molar-refractivity contribution >= 4 is 17.4 Å². The number of pyridine rings is 2. The number of aromatic nitrogens is 2. The van der Waals surface area contributed by atoms with E-state index in [0.717, 1.165) is 34.5 Å². The van der Waals surface area contributed by atoms with E-state index in [1.54, 1.807) is 23.4 Å². The van der Waals surface area contributed by atoms with Gasteiger partial charge in [-0.05, 0) is 67.3 Å². The second-order valence-electron chi connectivity index (χ2n) is 8.81. The van der Waals surface area contributed by atoms with Gasteiger partial charge in [-0.2, -0.15) is 0 Å². The number of anilines is 2. The van der Waals surface area contributed by atoms with Crippen LogP contribution < -0.4 is 15.0 Å². The fraction of sp³-hybridized carbons (Fsp3) is 0.320. The highest BCUT2D eigenvalue weighted by Gasteiger charge is 2.34. The number of carbonyl (C=O) groups excluding carboxylic acids is 1. The Hall–Kier alpha value is -3.48. The van der Waals surface area contributed by atoms with E-state index in [4.69, 9.17) is 4.74 Å². The summed E-state index contributed by atoms with van der Waals surface area (Å²) in [5.41, 5.74) is 6.36. The van der Waals surface area contributed by atoms with Crippen LogP contribution in [0.4, 0.5) is 20.6 Å². The summed E-state index contributed by atoms with van der Waals surface area (Å²) >= 11 is 0. The van der Waals surface area contributed by atoms with E-state index in [1.807, 2.05) is 19.2 Å². The third kappa shape index (κ3) is 3.20. The lowest BCUT2D eigenvalue weighted by molar-refractivity contribution is 0.167. The number of ether oxygens (including phenoxy) is 1. The first-order chi connectivity index (χ1) is 15.6. The van der Waals surface area contributed by atoms with E-state index >= 15 is 0 Å². The van der Waals surface area contributed by atoms with Crippen LogP contribution in [0.1, 0.15) is 59.2 Å². The van der Waals surface area contributed by atoms with Crippen LogP contribution in [-0.4, -0.2) is 16.0 Å². The lowest BCUT2D eigenvalue weighted by Gasteiger charge is -2.33. The average Bonchev–Trinajstić information content (AvgIpc) is 3.63. The maximum Gasteiger partial charge on any atom is 0.326 e. The van der Waals surface area contributed by atoms with Crippen LogP contribution in [0.15, 0.2) is 42.9 Å². The Morgan fingerprint density at radius 1 is 1.22 bits per heavy atom. The van der Waals surface area contributed by atoms with Gasteiger partial charge >= 0.3 is 6.03 Å². The Kier molecular flexibility index (Phi) is 4.38. The second-order valence-corrected chi connectivity index (χ2v) is 8.81. The van der Waals surface area contributed by atoms with Gasteiger partial charge in [-0.1, -0.05) is 6.07 Å². The maximum absolute atomic E-state index is 14.3. The van der Waals surface area contributed by atoms with Crippen LogP contribution in [-0.2, 0) is 13.0 Å². The monoisotopic (exact) mass is 430 g/mol. The van der Waals surface area contributed by atoms with E-state index in [1.165, 1.54) is 24.5 Å². The molecular formula is C25H23FN4O2. The summed E-state index contributed by atoms with van der Waals surface area (Å²) in [6.45, 7) is 2.50. The summed E-state index contributed by atoms with van der Waals surface area (Å²) in [4.78, 5) is 23.3. The summed E-state index contributed by atoms with van der Waals surface area (Å²) in [5.74, 6) is 0.862. The van der Waals surface area contributed by atoms with Crippen molar-refractivity contribution in [3.63, 3.8) is 0 Å². The van der Waals surface area contributed by atoms with Crippen molar-refractivity contribution in [2.75, 3.05) is 10.2 Å². The molecule has 1 aliphatic carbocycles. The molecule has 0 bridgehead atoms. The van der Waals surface area contributed by atoms with Gasteiger partial charge in [0.25, 0.3) is 0 Å². The number of hydrogen-bond acceptors (Lipinski definition) is 4. The molecule has 32 heavy (non-hydrogen) atoms. The van der Waals surface area contributed by atoms with Gasteiger partial charge in [-0.15, -0.1) is 0 Å². The van der Waals surface area contributed by atoms with Gasteiger partial charge in [0.15, 0.2) is 0 Å². The Morgan fingerprint density at radius 3 is 2.91 bits per heavy atom. The van der Waals surface area contributed by atoms with Crippen molar-refractivity contribution in [2.45, 2.75) is 51.2 Å². The zero-order chi connectivity index (χ0) is 21.8. The number of nitrogens with zero attached hydrogens (tertiary/aromatic N) is 3. The van der Waals surface area contributed by atoms with E-state index in [-0.39, 0.29) is 11.8 Å². The zero-order valence-electron chi connectivity index (χ0n) is 17.8. The minimum atomic E-state index is -0.442. The first kappa shape index (κ1) is 19.2. The number of halogens is 1. The van der Waals surface area contributed by atoms with Gasteiger partial charge in [0.05, 0.1) is 24.1 Å². The van der Waals surface area contributed by atoms with Crippen molar-refractivity contribution in [1.82, 2.24) is 9.97 Å². The molecule has 1 N–H and O–H groups in total. The molecule has 162 valence electrons. The first-order valence-electron chi connectivity index (χ1n) is 11.0. The molecule has 1 aromatic carbocycles. The largest absolute Gasteiger partial charge is 0.484 e. The summed E-state index contributed by atoms with van der Waals surface area (Å²) in [6, 6.07) is 6.80. The van der Waals surface area contributed by atoms with E-state index in [9.17, 15) is 9.18 Å². The first-order valence-corrected chi connectivity index (χ1v) is 11.0. The molecule has 0 spiro atoms. The quantitative estimate of drug-likeness (QED) is 0.603.